The van der Waals surface area contributed by atoms with Crippen LogP contribution in [0.3, 0.4) is 0 Å². The first-order chi connectivity index (χ1) is 19.1. The van der Waals surface area contributed by atoms with Gasteiger partial charge in [-0.3, -0.25) is 14.4 Å². The summed E-state index contributed by atoms with van der Waals surface area (Å²) in [5.41, 5.74) is 1.94. The average Bonchev–Trinajstić information content (AvgIpc) is 3.76. The van der Waals surface area contributed by atoms with E-state index in [0.717, 1.165) is 39.7 Å². The summed E-state index contributed by atoms with van der Waals surface area (Å²) >= 11 is 8.32. The number of carbonyl (C=O) groups is 3. The SMILES string of the molecule is C[C@@H]1CN[C@@H](C2CC2)C(=O)N(C)[C@H](C)C(=O)N[C@H](Cc2ccc(Cl)cc2)C(=O)NCCCc2ccc(I)cc2O1. The molecule has 2 aromatic carbocycles. The normalized spacial score (nSPS) is 25.6. The van der Waals surface area contributed by atoms with Crippen molar-refractivity contribution >= 4 is 51.9 Å². The third-order valence-electron chi connectivity index (χ3n) is 7.56. The van der Waals surface area contributed by atoms with Crippen molar-refractivity contribution in [1.82, 2.24) is 20.9 Å². The molecule has 0 bridgehead atoms. The summed E-state index contributed by atoms with van der Waals surface area (Å²) in [6.45, 7) is 4.64. The van der Waals surface area contributed by atoms with Gasteiger partial charge in [-0.1, -0.05) is 29.8 Å². The number of ether oxygens (including phenoxy) is 1. The van der Waals surface area contributed by atoms with Gasteiger partial charge in [-0.15, -0.1) is 0 Å². The van der Waals surface area contributed by atoms with Crippen molar-refractivity contribution in [2.24, 2.45) is 5.92 Å². The van der Waals surface area contributed by atoms with E-state index in [4.69, 9.17) is 16.3 Å². The van der Waals surface area contributed by atoms with Crippen LogP contribution in [0.25, 0.3) is 0 Å². The molecule has 3 amide bonds. The maximum absolute atomic E-state index is 13.5. The van der Waals surface area contributed by atoms with Crippen molar-refractivity contribution in [3.05, 3.63) is 62.2 Å². The average molecular weight is 681 g/mol. The molecule has 0 saturated heterocycles. The molecular formula is C30H38ClIN4O4. The number of benzene rings is 2. The zero-order valence-electron chi connectivity index (χ0n) is 23.2. The molecule has 40 heavy (non-hydrogen) atoms. The summed E-state index contributed by atoms with van der Waals surface area (Å²) in [6, 6.07) is 11.4. The Bertz CT molecular complexity index is 1210. The Balaban J connectivity index is 1.58. The fraction of sp³-hybridized carbons (Fsp3) is 0.500. The number of halogens is 2. The summed E-state index contributed by atoms with van der Waals surface area (Å²) < 4.78 is 7.41. The quantitative estimate of drug-likeness (QED) is 0.430. The smallest absolute Gasteiger partial charge is 0.243 e. The van der Waals surface area contributed by atoms with E-state index in [9.17, 15) is 14.4 Å². The highest BCUT2D eigenvalue weighted by molar-refractivity contribution is 14.1. The second-order valence-electron chi connectivity index (χ2n) is 10.8. The van der Waals surface area contributed by atoms with Gasteiger partial charge in [-0.25, -0.2) is 0 Å². The number of rotatable bonds is 3. The van der Waals surface area contributed by atoms with Crippen molar-refractivity contribution < 1.29 is 19.1 Å². The molecule has 0 spiro atoms. The Morgan fingerprint density at radius 3 is 2.48 bits per heavy atom. The van der Waals surface area contributed by atoms with Crippen molar-refractivity contribution in [2.45, 2.75) is 70.2 Å². The van der Waals surface area contributed by atoms with E-state index in [1.165, 1.54) is 4.90 Å². The number of hydrogen-bond donors (Lipinski definition) is 3. The highest BCUT2D eigenvalue weighted by atomic mass is 127. The van der Waals surface area contributed by atoms with Gasteiger partial charge >= 0.3 is 0 Å². The molecule has 1 heterocycles. The van der Waals surface area contributed by atoms with Crippen molar-refractivity contribution in [2.75, 3.05) is 20.1 Å². The van der Waals surface area contributed by atoms with E-state index in [0.29, 0.717) is 31.0 Å². The molecule has 2 aliphatic rings. The number of nitrogens with one attached hydrogen (secondary N) is 3. The largest absolute Gasteiger partial charge is 0.489 e. The van der Waals surface area contributed by atoms with Gasteiger partial charge < -0.3 is 25.6 Å². The van der Waals surface area contributed by atoms with E-state index < -0.39 is 18.1 Å². The number of fused-ring (bicyclic) bond motifs is 1. The number of nitrogens with zero attached hydrogens (tertiary/aromatic N) is 1. The molecular weight excluding hydrogens is 643 g/mol. The lowest BCUT2D eigenvalue weighted by atomic mass is 10.0. The van der Waals surface area contributed by atoms with E-state index in [1.54, 1.807) is 26.1 Å². The second-order valence-corrected chi connectivity index (χ2v) is 12.5. The molecule has 0 aromatic heterocycles. The summed E-state index contributed by atoms with van der Waals surface area (Å²) in [4.78, 5) is 41.6. The van der Waals surface area contributed by atoms with Crippen molar-refractivity contribution in [1.29, 1.82) is 0 Å². The summed E-state index contributed by atoms with van der Waals surface area (Å²) in [5.74, 6) is 0.282. The van der Waals surface area contributed by atoms with E-state index in [1.807, 2.05) is 31.2 Å². The molecule has 1 fully saturated rings. The van der Waals surface area contributed by atoms with E-state index in [-0.39, 0.29) is 29.7 Å². The number of likely N-dealkylation sites (N-methyl/N-ethyl adjacent to an activating group) is 1. The molecule has 10 heteroatoms. The van der Waals surface area contributed by atoms with Crippen LogP contribution in [0.5, 0.6) is 5.75 Å². The second kappa shape index (κ2) is 14.0. The molecule has 0 radical (unpaired) electrons. The Morgan fingerprint density at radius 1 is 1.05 bits per heavy atom. The van der Waals surface area contributed by atoms with Crippen molar-refractivity contribution in [3.63, 3.8) is 0 Å². The van der Waals surface area contributed by atoms with Crippen LogP contribution in [0.4, 0.5) is 0 Å². The zero-order chi connectivity index (χ0) is 28.8. The fourth-order valence-electron chi connectivity index (χ4n) is 4.84. The Morgan fingerprint density at radius 2 is 1.77 bits per heavy atom. The fourth-order valence-corrected chi connectivity index (χ4v) is 5.43. The molecule has 1 aliphatic heterocycles. The number of hydrogen-bond acceptors (Lipinski definition) is 5. The third kappa shape index (κ3) is 8.33. The van der Waals surface area contributed by atoms with Crippen LogP contribution in [0, 0.1) is 9.49 Å². The van der Waals surface area contributed by atoms with Gasteiger partial charge in [0.1, 0.15) is 23.9 Å². The minimum atomic E-state index is -0.797. The first-order valence-corrected chi connectivity index (χ1v) is 15.4. The van der Waals surface area contributed by atoms with Crippen LogP contribution in [-0.4, -0.2) is 67.0 Å². The van der Waals surface area contributed by atoms with Crippen molar-refractivity contribution in [3.8, 4) is 5.75 Å². The lowest BCUT2D eigenvalue weighted by Gasteiger charge is -2.31. The summed E-state index contributed by atoms with van der Waals surface area (Å²) in [6.07, 6.45) is 3.53. The van der Waals surface area contributed by atoms with Crippen LogP contribution in [0.2, 0.25) is 5.02 Å². The molecule has 216 valence electrons. The van der Waals surface area contributed by atoms with Gasteiger partial charge in [0.2, 0.25) is 17.7 Å². The molecule has 4 rings (SSSR count). The van der Waals surface area contributed by atoms with Crippen LogP contribution in [0.1, 0.15) is 44.2 Å². The lowest BCUT2D eigenvalue weighted by Crippen LogP contribution is -2.57. The maximum Gasteiger partial charge on any atom is 0.243 e. The summed E-state index contributed by atoms with van der Waals surface area (Å²) in [7, 11) is 1.65. The number of carbonyl (C=O) groups excluding carboxylic acids is 3. The van der Waals surface area contributed by atoms with E-state index in [2.05, 4.69) is 44.6 Å². The van der Waals surface area contributed by atoms with E-state index >= 15 is 0 Å². The highest BCUT2D eigenvalue weighted by Crippen LogP contribution is 2.34. The van der Waals surface area contributed by atoms with Crippen LogP contribution < -0.4 is 20.7 Å². The first-order valence-electron chi connectivity index (χ1n) is 13.9. The molecule has 4 atom stereocenters. The van der Waals surface area contributed by atoms with Crippen LogP contribution in [-0.2, 0) is 27.2 Å². The Hall–Kier alpha value is -2.37. The minimum absolute atomic E-state index is 0.132. The predicted octanol–water partition coefficient (Wildman–Crippen LogP) is 3.72. The summed E-state index contributed by atoms with van der Waals surface area (Å²) in [5, 5.41) is 9.92. The van der Waals surface area contributed by atoms with Gasteiger partial charge in [0.15, 0.2) is 0 Å². The lowest BCUT2D eigenvalue weighted by molar-refractivity contribution is -0.141. The van der Waals surface area contributed by atoms with Gasteiger partial charge in [0.25, 0.3) is 0 Å². The molecule has 0 unspecified atom stereocenters. The van der Waals surface area contributed by atoms with Crippen LogP contribution >= 0.6 is 34.2 Å². The highest BCUT2D eigenvalue weighted by Gasteiger charge is 2.39. The Labute approximate surface area is 255 Å². The number of aryl methyl sites for hydroxylation is 1. The van der Waals surface area contributed by atoms with Gasteiger partial charge in [-0.05, 0) is 103 Å². The zero-order valence-corrected chi connectivity index (χ0v) is 26.1. The van der Waals surface area contributed by atoms with Gasteiger partial charge in [0, 0.05) is 35.2 Å². The predicted molar refractivity (Wildman–Crippen MR) is 164 cm³/mol. The first kappa shape index (κ1) is 30.6. The molecule has 2 aromatic rings. The standard InChI is InChI=1S/C30H38ClIN4O4/c1-18-17-34-27(22-8-9-22)30(39)36(3)19(2)28(37)35-25(15-20-6-11-23(31)12-7-20)29(38)33-14-4-5-21-10-13-24(32)16-26(21)40-18/h6-7,10-13,16,18-19,22,25,27,34H,4-5,8-9,14-15,17H2,1-3H3,(H,33,38)(H,35,37)/t18-,19-,25-,27+/m1/s1. The maximum atomic E-state index is 13.5. The topological polar surface area (TPSA) is 99.8 Å². The molecule has 3 N–H and O–H groups in total. The third-order valence-corrected chi connectivity index (χ3v) is 8.48. The molecule has 1 aliphatic carbocycles. The van der Waals surface area contributed by atoms with Gasteiger partial charge in [-0.2, -0.15) is 0 Å². The monoisotopic (exact) mass is 680 g/mol. The minimum Gasteiger partial charge on any atom is -0.489 e. The molecule has 1 saturated carbocycles. The van der Waals surface area contributed by atoms with Gasteiger partial charge in [0.05, 0.1) is 6.04 Å². The molecule has 8 nitrogen and oxygen atoms in total. The number of amides is 3. The Kier molecular flexibility index (Phi) is 10.7. The van der Waals surface area contributed by atoms with Crippen LogP contribution in [0.15, 0.2) is 42.5 Å².